The summed E-state index contributed by atoms with van der Waals surface area (Å²) in [5.74, 6) is 0.970. The molecule has 1 fully saturated rings. The van der Waals surface area contributed by atoms with Gasteiger partial charge in [-0.3, -0.25) is 9.67 Å². The third kappa shape index (κ3) is 4.25. The van der Waals surface area contributed by atoms with Crippen molar-refractivity contribution in [3.63, 3.8) is 0 Å². The number of likely N-dealkylation sites (tertiary alicyclic amines) is 1. The minimum atomic E-state index is 0.754. The smallest absolute Gasteiger partial charge is 0.193 e. The fourth-order valence-corrected chi connectivity index (χ4v) is 3.01. The Morgan fingerprint density at radius 2 is 2.00 bits per heavy atom. The second-order valence-electron chi connectivity index (χ2n) is 6.12. The van der Waals surface area contributed by atoms with E-state index in [-0.39, 0.29) is 0 Å². The average molecular weight is 323 g/mol. The number of rotatable bonds is 3. The van der Waals surface area contributed by atoms with Gasteiger partial charge in [-0.05, 0) is 18.4 Å². The van der Waals surface area contributed by atoms with Crippen LogP contribution in [0.4, 0.5) is 0 Å². The van der Waals surface area contributed by atoms with Crippen molar-refractivity contribution in [3.8, 4) is 0 Å². The Hall–Kier alpha value is -2.56. The molecule has 5 nitrogen and oxygen atoms in total. The largest absolute Gasteiger partial charge is 0.352 e. The Kier molecular flexibility index (Phi) is 5.31. The Bertz CT molecular complexity index is 704. The molecule has 3 rings (SSSR count). The lowest BCUT2D eigenvalue weighted by atomic mass is 10.0. The van der Waals surface area contributed by atoms with Crippen LogP contribution in [0.1, 0.15) is 24.0 Å². The number of nitrogens with one attached hydrogen (secondary N) is 1. The van der Waals surface area contributed by atoms with Crippen molar-refractivity contribution < 1.29 is 0 Å². The zero-order valence-corrected chi connectivity index (χ0v) is 14.4. The van der Waals surface area contributed by atoms with Gasteiger partial charge in [-0.2, -0.15) is 5.10 Å². The maximum absolute atomic E-state index is 4.43. The molecule has 0 bridgehead atoms. The van der Waals surface area contributed by atoms with Gasteiger partial charge in [-0.25, -0.2) is 0 Å². The van der Waals surface area contributed by atoms with E-state index in [1.165, 1.54) is 16.7 Å². The first-order chi connectivity index (χ1) is 11.7. The summed E-state index contributed by atoms with van der Waals surface area (Å²) >= 11 is 0. The van der Waals surface area contributed by atoms with E-state index in [9.17, 15) is 0 Å². The highest BCUT2D eigenvalue weighted by atomic mass is 15.3. The highest BCUT2D eigenvalue weighted by molar-refractivity contribution is 5.80. The molecule has 1 saturated heterocycles. The molecule has 0 amide bonds. The molecule has 0 atom stereocenters. The summed E-state index contributed by atoms with van der Waals surface area (Å²) in [5.41, 5.74) is 3.97. The minimum absolute atomic E-state index is 0.754. The van der Waals surface area contributed by atoms with Crippen LogP contribution in [0.3, 0.4) is 0 Å². The zero-order chi connectivity index (χ0) is 16.8. The molecular formula is C19H25N5. The molecule has 0 aliphatic carbocycles. The molecule has 1 aromatic carbocycles. The second kappa shape index (κ2) is 7.81. The predicted octanol–water partition coefficient (Wildman–Crippen LogP) is 2.67. The fraction of sp³-hybridized carbons (Fsp3) is 0.368. The zero-order valence-electron chi connectivity index (χ0n) is 14.4. The molecule has 1 aromatic heterocycles. The van der Waals surface area contributed by atoms with Crippen LogP contribution < -0.4 is 5.32 Å². The van der Waals surface area contributed by atoms with Crippen molar-refractivity contribution in [3.05, 3.63) is 59.4 Å². The Morgan fingerprint density at radius 1 is 1.25 bits per heavy atom. The number of guanidine groups is 1. The maximum Gasteiger partial charge on any atom is 0.193 e. The molecule has 24 heavy (non-hydrogen) atoms. The van der Waals surface area contributed by atoms with Crippen LogP contribution >= 0.6 is 0 Å². The summed E-state index contributed by atoms with van der Waals surface area (Å²) in [7, 11) is 3.78. The average Bonchev–Trinajstić information content (AvgIpc) is 3.03. The van der Waals surface area contributed by atoms with Gasteiger partial charge in [0, 0.05) is 45.5 Å². The van der Waals surface area contributed by atoms with Gasteiger partial charge in [0.15, 0.2) is 5.96 Å². The van der Waals surface area contributed by atoms with Crippen molar-refractivity contribution >= 4 is 12.0 Å². The predicted molar refractivity (Wildman–Crippen MR) is 98.6 cm³/mol. The third-order valence-corrected chi connectivity index (χ3v) is 4.30. The van der Waals surface area contributed by atoms with Crippen molar-refractivity contribution in [2.45, 2.75) is 19.4 Å². The number of benzene rings is 1. The third-order valence-electron chi connectivity index (χ3n) is 4.30. The van der Waals surface area contributed by atoms with Gasteiger partial charge in [0.1, 0.15) is 0 Å². The molecule has 0 unspecified atom stereocenters. The first-order valence-electron chi connectivity index (χ1n) is 8.42. The maximum atomic E-state index is 4.43. The molecular weight excluding hydrogens is 298 g/mol. The molecule has 2 aromatic rings. The lowest BCUT2D eigenvalue weighted by Crippen LogP contribution is -2.44. The van der Waals surface area contributed by atoms with Gasteiger partial charge in [0.05, 0.1) is 6.20 Å². The van der Waals surface area contributed by atoms with E-state index in [0.717, 1.165) is 38.4 Å². The number of aliphatic imine (C=N–C) groups is 1. The molecule has 1 N–H and O–H groups in total. The normalized spacial score (nSPS) is 15.5. The van der Waals surface area contributed by atoms with Gasteiger partial charge < -0.3 is 10.2 Å². The van der Waals surface area contributed by atoms with Crippen molar-refractivity contribution in [1.29, 1.82) is 0 Å². The van der Waals surface area contributed by atoms with Crippen LogP contribution in [-0.2, 0) is 13.6 Å². The van der Waals surface area contributed by atoms with E-state index in [1.54, 1.807) is 0 Å². The number of hydrogen-bond donors (Lipinski definition) is 1. The summed E-state index contributed by atoms with van der Waals surface area (Å²) in [5, 5.41) is 7.63. The molecule has 5 heteroatoms. The van der Waals surface area contributed by atoms with E-state index in [0.29, 0.717) is 0 Å². The van der Waals surface area contributed by atoms with E-state index >= 15 is 0 Å². The van der Waals surface area contributed by atoms with E-state index in [4.69, 9.17) is 0 Å². The topological polar surface area (TPSA) is 45.5 Å². The lowest BCUT2D eigenvalue weighted by molar-refractivity contribution is 0.375. The summed E-state index contributed by atoms with van der Waals surface area (Å²) < 4.78 is 1.82. The van der Waals surface area contributed by atoms with Crippen molar-refractivity contribution in [1.82, 2.24) is 20.0 Å². The molecule has 1 aliphatic heterocycles. The Balaban J connectivity index is 1.53. The van der Waals surface area contributed by atoms with Gasteiger partial charge in [-0.1, -0.05) is 42.0 Å². The minimum Gasteiger partial charge on any atom is -0.352 e. The number of piperidine rings is 1. The monoisotopic (exact) mass is 323 g/mol. The molecule has 0 radical (unpaired) electrons. The van der Waals surface area contributed by atoms with Crippen LogP contribution in [-0.4, -0.2) is 40.8 Å². The summed E-state index contributed by atoms with van der Waals surface area (Å²) in [4.78, 5) is 6.76. The first kappa shape index (κ1) is 16.3. The van der Waals surface area contributed by atoms with Gasteiger partial charge in [0.25, 0.3) is 0 Å². The lowest BCUT2D eigenvalue weighted by Gasteiger charge is -2.31. The van der Waals surface area contributed by atoms with E-state index in [2.05, 4.69) is 56.7 Å². The molecule has 0 saturated carbocycles. The summed E-state index contributed by atoms with van der Waals surface area (Å²) in [6.07, 6.45) is 8.41. The molecule has 2 heterocycles. The van der Waals surface area contributed by atoms with Crippen molar-refractivity contribution in [2.24, 2.45) is 12.0 Å². The van der Waals surface area contributed by atoms with Crippen LogP contribution in [0.25, 0.3) is 6.08 Å². The number of aryl methyl sites for hydroxylation is 1. The van der Waals surface area contributed by atoms with Gasteiger partial charge in [-0.15, -0.1) is 0 Å². The Labute approximate surface area is 143 Å². The van der Waals surface area contributed by atoms with Crippen molar-refractivity contribution in [2.75, 3.05) is 20.1 Å². The van der Waals surface area contributed by atoms with E-state index < -0.39 is 0 Å². The standard InChI is InChI=1S/C19H25N5/c1-20-19(21-13-18-14-22-23(2)15-18)24-10-8-17(9-11-24)12-16-6-4-3-5-7-16/h3-7,12,14-15H,8-11,13H2,1-2H3,(H,20,21). The van der Waals surface area contributed by atoms with Crippen LogP contribution in [0.5, 0.6) is 0 Å². The highest BCUT2D eigenvalue weighted by Gasteiger charge is 2.17. The summed E-state index contributed by atoms with van der Waals surface area (Å²) in [6, 6.07) is 10.6. The Morgan fingerprint density at radius 3 is 2.62 bits per heavy atom. The number of aromatic nitrogens is 2. The van der Waals surface area contributed by atoms with Crippen LogP contribution in [0.15, 0.2) is 53.3 Å². The number of nitrogens with zero attached hydrogens (tertiary/aromatic N) is 4. The molecule has 1 aliphatic rings. The first-order valence-corrected chi connectivity index (χ1v) is 8.42. The van der Waals surface area contributed by atoms with Gasteiger partial charge in [0.2, 0.25) is 0 Å². The van der Waals surface area contributed by atoms with Crippen LogP contribution in [0, 0.1) is 0 Å². The summed E-state index contributed by atoms with van der Waals surface area (Å²) in [6.45, 7) is 2.76. The molecule has 126 valence electrons. The second-order valence-corrected chi connectivity index (χ2v) is 6.12. The fourth-order valence-electron chi connectivity index (χ4n) is 3.01. The van der Waals surface area contributed by atoms with Gasteiger partial charge >= 0.3 is 0 Å². The van der Waals surface area contributed by atoms with Crippen LogP contribution in [0.2, 0.25) is 0 Å². The quantitative estimate of drug-likeness (QED) is 0.698. The van der Waals surface area contributed by atoms with E-state index in [1.807, 2.05) is 31.2 Å². The highest BCUT2D eigenvalue weighted by Crippen LogP contribution is 2.19. The number of hydrogen-bond acceptors (Lipinski definition) is 2. The molecule has 0 spiro atoms. The SMILES string of the molecule is CN=C(NCc1cnn(C)c1)N1CCC(=Cc2ccccc2)CC1.